The lowest BCUT2D eigenvalue weighted by molar-refractivity contribution is -0.143. The molecule has 0 aromatic heterocycles. The van der Waals surface area contributed by atoms with Gasteiger partial charge >= 0.3 is 5.97 Å². The number of rotatable bonds is 4. The van der Waals surface area contributed by atoms with Gasteiger partial charge in [0.1, 0.15) is 0 Å². The molecule has 13 heavy (non-hydrogen) atoms. The summed E-state index contributed by atoms with van der Waals surface area (Å²) >= 11 is 0. The van der Waals surface area contributed by atoms with Gasteiger partial charge in [-0.25, -0.2) is 0 Å². The summed E-state index contributed by atoms with van der Waals surface area (Å²) in [5, 5.41) is 0. The molecule has 0 aromatic rings. The maximum atomic E-state index is 11.2. The van der Waals surface area contributed by atoms with E-state index in [1.165, 1.54) is 0 Å². The molecule has 3 heteroatoms. The first-order valence-corrected chi connectivity index (χ1v) is 4.80. The zero-order valence-electron chi connectivity index (χ0n) is 9.39. The maximum Gasteiger partial charge on any atom is 0.305 e. The van der Waals surface area contributed by atoms with E-state index in [2.05, 4.69) is 13.8 Å². The summed E-state index contributed by atoms with van der Waals surface area (Å²) in [6.07, 6.45) is 0.485. The lowest BCUT2D eigenvalue weighted by Crippen LogP contribution is -2.18. The summed E-state index contributed by atoms with van der Waals surface area (Å²) < 4.78 is 5.03. The van der Waals surface area contributed by atoms with Crippen molar-refractivity contribution in [3.63, 3.8) is 0 Å². The van der Waals surface area contributed by atoms with Gasteiger partial charge in [0.25, 0.3) is 0 Å². The second-order valence-corrected chi connectivity index (χ2v) is 4.90. The van der Waals surface area contributed by atoms with Crippen molar-refractivity contribution in [2.75, 3.05) is 6.51 Å². The van der Waals surface area contributed by atoms with E-state index in [9.17, 15) is 4.79 Å². The highest BCUT2D eigenvalue weighted by atomic mass is 16.5. The van der Waals surface area contributed by atoms with E-state index >= 15 is 0 Å². The van der Waals surface area contributed by atoms with Crippen molar-refractivity contribution in [1.82, 2.24) is 0 Å². The van der Waals surface area contributed by atoms with Crippen LogP contribution in [0.1, 0.15) is 41.0 Å². The second-order valence-electron chi connectivity index (χ2n) is 4.90. The van der Waals surface area contributed by atoms with Crippen molar-refractivity contribution in [2.24, 2.45) is 5.41 Å². The van der Waals surface area contributed by atoms with Crippen LogP contribution in [0.4, 0.5) is 0 Å². The molecule has 0 aromatic carbocycles. The van der Waals surface area contributed by atoms with Crippen molar-refractivity contribution in [1.29, 1.82) is 0 Å². The molecule has 0 fully saturated rings. The Morgan fingerprint density at radius 2 is 1.92 bits per heavy atom. The Hall–Kier alpha value is -0.465. The van der Waals surface area contributed by atoms with Crippen LogP contribution >= 0.6 is 0 Å². The summed E-state index contributed by atoms with van der Waals surface area (Å²) in [5.41, 5.74) is 0.0227. The molecule has 0 saturated carbocycles. The zero-order valence-corrected chi connectivity index (χ0v) is 9.39. The normalized spacial score (nSPS) is 11.5. The van der Waals surface area contributed by atoms with Crippen molar-refractivity contribution in [2.45, 2.75) is 46.9 Å². The minimum Gasteiger partial charge on any atom is -0.475 e. The Balaban J connectivity index is 3.53. The predicted octanol–water partition coefficient (Wildman–Crippen LogP) is 2.46. The Morgan fingerprint density at radius 1 is 1.38 bits per heavy atom. The van der Waals surface area contributed by atoms with Crippen LogP contribution < -0.4 is 0 Å². The molecule has 0 bridgehead atoms. The molecule has 0 aliphatic rings. The minimum absolute atomic E-state index is 0.0227. The third-order valence-electron chi connectivity index (χ3n) is 1.49. The monoisotopic (exact) mass is 183 g/mol. The van der Waals surface area contributed by atoms with Crippen LogP contribution in [-0.4, -0.2) is 19.8 Å². The molecular formula is C10H20BO2. The SMILES string of the molecule is CC(C)[B]COC(=O)CC(C)(C)C. The zero-order chi connectivity index (χ0) is 10.5. The van der Waals surface area contributed by atoms with Crippen LogP contribution in [0.5, 0.6) is 0 Å². The number of esters is 1. The van der Waals surface area contributed by atoms with Gasteiger partial charge in [-0.05, 0) is 5.41 Å². The predicted molar refractivity (Wildman–Crippen MR) is 55.9 cm³/mol. The Labute approximate surface area is 82.3 Å². The molecule has 75 valence electrons. The van der Waals surface area contributed by atoms with Crippen molar-refractivity contribution in [3.8, 4) is 0 Å². The number of hydrogen-bond donors (Lipinski definition) is 0. The van der Waals surface area contributed by atoms with Gasteiger partial charge in [0.05, 0.1) is 12.9 Å². The van der Waals surface area contributed by atoms with Gasteiger partial charge in [0.15, 0.2) is 7.28 Å². The Morgan fingerprint density at radius 3 is 2.31 bits per heavy atom. The molecule has 0 amide bonds. The first-order chi connectivity index (χ1) is 5.81. The molecule has 1 radical (unpaired) electrons. The maximum absolute atomic E-state index is 11.2. The lowest BCUT2D eigenvalue weighted by atomic mass is 9.67. The summed E-state index contributed by atoms with van der Waals surface area (Å²) in [6.45, 7) is 10.7. The lowest BCUT2D eigenvalue weighted by Gasteiger charge is -2.16. The van der Waals surface area contributed by atoms with E-state index < -0.39 is 0 Å². The minimum atomic E-state index is -0.107. The highest BCUT2D eigenvalue weighted by Gasteiger charge is 2.16. The van der Waals surface area contributed by atoms with Crippen LogP contribution in [0.3, 0.4) is 0 Å². The fraction of sp³-hybridized carbons (Fsp3) is 0.900. The molecule has 0 saturated heterocycles. The van der Waals surface area contributed by atoms with E-state index in [4.69, 9.17) is 4.74 Å². The molecule has 0 aliphatic carbocycles. The van der Waals surface area contributed by atoms with Crippen LogP contribution in [0.2, 0.25) is 5.82 Å². The van der Waals surface area contributed by atoms with Crippen molar-refractivity contribution in [3.05, 3.63) is 0 Å². The highest BCUT2D eigenvalue weighted by Crippen LogP contribution is 2.18. The molecule has 0 rings (SSSR count). The largest absolute Gasteiger partial charge is 0.475 e. The Kier molecular flexibility index (Phi) is 5.11. The van der Waals surface area contributed by atoms with E-state index in [1.54, 1.807) is 0 Å². The topological polar surface area (TPSA) is 26.3 Å². The van der Waals surface area contributed by atoms with Crippen molar-refractivity contribution >= 4 is 13.2 Å². The molecule has 0 heterocycles. The van der Waals surface area contributed by atoms with Crippen LogP contribution in [-0.2, 0) is 9.53 Å². The van der Waals surface area contributed by atoms with Crippen LogP contribution in [0, 0.1) is 5.41 Å². The molecule has 2 nitrogen and oxygen atoms in total. The van der Waals surface area contributed by atoms with E-state index in [1.807, 2.05) is 28.1 Å². The fourth-order valence-corrected chi connectivity index (χ4v) is 0.818. The number of hydrogen-bond acceptors (Lipinski definition) is 2. The van der Waals surface area contributed by atoms with E-state index in [0.29, 0.717) is 18.7 Å². The standard InChI is InChI=1S/C10H20BO2/c1-8(2)11-7-13-9(12)6-10(3,4)5/h8H,6-7H2,1-5H3. The average molecular weight is 183 g/mol. The van der Waals surface area contributed by atoms with Gasteiger partial charge in [0.2, 0.25) is 0 Å². The molecule has 0 unspecified atom stereocenters. The van der Waals surface area contributed by atoms with Gasteiger partial charge in [-0.1, -0.05) is 40.4 Å². The summed E-state index contributed by atoms with van der Waals surface area (Å²) in [5.74, 6) is 0.367. The summed E-state index contributed by atoms with van der Waals surface area (Å²) in [4.78, 5) is 11.2. The van der Waals surface area contributed by atoms with E-state index in [0.717, 1.165) is 0 Å². The van der Waals surface area contributed by atoms with Gasteiger partial charge in [-0.3, -0.25) is 4.79 Å². The third kappa shape index (κ3) is 9.45. The number of ether oxygens (including phenoxy) is 1. The van der Waals surface area contributed by atoms with Crippen molar-refractivity contribution < 1.29 is 9.53 Å². The van der Waals surface area contributed by atoms with Gasteiger partial charge < -0.3 is 4.74 Å². The average Bonchev–Trinajstić information content (AvgIpc) is 1.81. The second kappa shape index (κ2) is 5.30. The fourth-order valence-electron chi connectivity index (χ4n) is 0.818. The number of carbonyl (C=O) groups excluding carboxylic acids is 1. The van der Waals surface area contributed by atoms with E-state index in [-0.39, 0.29) is 11.4 Å². The van der Waals surface area contributed by atoms with Gasteiger partial charge in [0, 0.05) is 0 Å². The molecule has 0 atom stereocenters. The molecular weight excluding hydrogens is 163 g/mol. The first-order valence-electron chi connectivity index (χ1n) is 4.80. The highest BCUT2D eigenvalue weighted by molar-refractivity contribution is 6.37. The Bertz CT molecular complexity index is 159. The summed E-state index contributed by atoms with van der Waals surface area (Å²) in [7, 11) is 1.99. The smallest absolute Gasteiger partial charge is 0.305 e. The molecule has 0 spiro atoms. The van der Waals surface area contributed by atoms with Crippen LogP contribution in [0.15, 0.2) is 0 Å². The summed E-state index contributed by atoms with van der Waals surface area (Å²) in [6, 6.07) is 0. The quantitative estimate of drug-likeness (QED) is 0.494. The number of carbonyl (C=O) groups is 1. The third-order valence-corrected chi connectivity index (χ3v) is 1.49. The molecule has 0 N–H and O–H groups in total. The van der Waals surface area contributed by atoms with Crippen LogP contribution in [0.25, 0.3) is 0 Å². The van der Waals surface area contributed by atoms with Gasteiger partial charge in [-0.2, -0.15) is 0 Å². The first kappa shape index (κ1) is 12.5. The van der Waals surface area contributed by atoms with Gasteiger partial charge in [-0.15, -0.1) is 0 Å². The molecule has 0 aliphatic heterocycles.